The number of nitrogens with zero attached hydrogens (tertiary/aromatic N) is 1. The summed E-state index contributed by atoms with van der Waals surface area (Å²) in [4.78, 5) is 0.616. The lowest BCUT2D eigenvalue weighted by atomic mass is 10.2. The van der Waals surface area contributed by atoms with Gasteiger partial charge in [-0.15, -0.1) is 0 Å². The molecule has 1 aliphatic rings. The topological polar surface area (TPSA) is 49.5 Å². The highest BCUT2D eigenvalue weighted by atomic mass is 32.1. The van der Waals surface area contributed by atoms with E-state index in [4.69, 9.17) is 23.2 Å². The van der Waals surface area contributed by atoms with Gasteiger partial charge in [0.15, 0.2) is 0 Å². The molecule has 1 fully saturated rings. The van der Waals surface area contributed by atoms with Gasteiger partial charge in [-0.05, 0) is 6.42 Å². The molecular weight excluding hydrogens is 136 g/mol. The first kappa shape index (κ1) is 6.92. The Hall–Kier alpha value is -0.190. The first-order chi connectivity index (χ1) is 4.25. The third kappa shape index (κ3) is 1.20. The van der Waals surface area contributed by atoms with Crippen molar-refractivity contribution in [2.45, 2.75) is 18.9 Å². The number of hydroxylamine groups is 2. The summed E-state index contributed by atoms with van der Waals surface area (Å²) in [6.07, 6.45) is 1.69. The van der Waals surface area contributed by atoms with Gasteiger partial charge >= 0.3 is 0 Å². The van der Waals surface area contributed by atoms with Crippen LogP contribution in [0.25, 0.3) is 0 Å². The Morgan fingerprint density at radius 3 is 2.78 bits per heavy atom. The number of thiocarbonyl (C=S) groups is 1. The van der Waals surface area contributed by atoms with Gasteiger partial charge in [-0.2, -0.15) is 0 Å². The third-order valence-electron chi connectivity index (χ3n) is 1.56. The highest BCUT2D eigenvalue weighted by Gasteiger charge is 2.24. The van der Waals surface area contributed by atoms with Crippen LogP contribution in [0, 0.1) is 0 Å². The van der Waals surface area contributed by atoms with Gasteiger partial charge in [0.2, 0.25) is 0 Å². The Morgan fingerprint density at radius 1 is 1.89 bits per heavy atom. The van der Waals surface area contributed by atoms with Gasteiger partial charge in [0.05, 0.1) is 6.04 Å². The lowest BCUT2D eigenvalue weighted by molar-refractivity contribution is -0.0362. The van der Waals surface area contributed by atoms with E-state index in [1.54, 1.807) is 0 Å². The predicted octanol–water partition coefficient (Wildman–Crippen LogP) is 0.126. The average Bonchev–Trinajstić information content (AvgIpc) is 2.15. The fourth-order valence-electron chi connectivity index (χ4n) is 0.948. The van der Waals surface area contributed by atoms with Gasteiger partial charge in [0.1, 0.15) is 4.99 Å². The Kier molecular flexibility index (Phi) is 2.00. The lowest BCUT2D eigenvalue weighted by Gasteiger charge is -2.16. The highest BCUT2D eigenvalue weighted by Crippen LogP contribution is 2.15. The van der Waals surface area contributed by atoms with Crippen LogP contribution < -0.4 is 5.73 Å². The molecule has 0 amide bonds. The second kappa shape index (κ2) is 2.60. The molecule has 0 unspecified atom stereocenters. The molecule has 0 aliphatic carbocycles. The van der Waals surface area contributed by atoms with E-state index < -0.39 is 0 Å². The van der Waals surface area contributed by atoms with E-state index in [2.05, 4.69) is 0 Å². The van der Waals surface area contributed by atoms with E-state index in [9.17, 15) is 0 Å². The lowest BCUT2D eigenvalue weighted by Crippen LogP contribution is -2.34. The zero-order valence-electron chi connectivity index (χ0n) is 5.08. The molecule has 0 radical (unpaired) electrons. The van der Waals surface area contributed by atoms with Gasteiger partial charge < -0.3 is 5.73 Å². The van der Waals surface area contributed by atoms with Crippen LogP contribution in [0.3, 0.4) is 0 Å². The predicted molar refractivity (Wildman–Crippen MR) is 38.3 cm³/mol. The average molecular weight is 146 g/mol. The van der Waals surface area contributed by atoms with E-state index in [-0.39, 0.29) is 6.04 Å². The maximum Gasteiger partial charge on any atom is 0.104 e. The summed E-state index contributed by atoms with van der Waals surface area (Å²) in [5.41, 5.74) is 5.33. The Morgan fingerprint density at radius 2 is 2.56 bits per heavy atom. The van der Waals surface area contributed by atoms with Crippen molar-refractivity contribution in [1.29, 1.82) is 0 Å². The second-order valence-electron chi connectivity index (χ2n) is 2.17. The summed E-state index contributed by atoms with van der Waals surface area (Å²) >= 11 is 4.81. The standard InChI is InChI=1S/C5H10N2OS/c6-3-4-1-2-5(9)7(4)8/h4,8H,1-3,6H2/t4-/m1/s1. The highest BCUT2D eigenvalue weighted by molar-refractivity contribution is 7.80. The molecule has 3 N–H and O–H groups in total. The minimum absolute atomic E-state index is 0.0671. The zero-order chi connectivity index (χ0) is 6.85. The third-order valence-corrected chi connectivity index (χ3v) is 1.96. The van der Waals surface area contributed by atoms with Crippen LogP contribution in [-0.2, 0) is 0 Å². The van der Waals surface area contributed by atoms with Crippen molar-refractivity contribution in [3.05, 3.63) is 0 Å². The molecule has 52 valence electrons. The number of hydrogen-bond acceptors (Lipinski definition) is 3. The van der Waals surface area contributed by atoms with E-state index in [0.29, 0.717) is 11.5 Å². The molecule has 0 aromatic rings. The van der Waals surface area contributed by atoms with Crippen LogP contribution in [0.4, 0.5) is 0 Å². The van der Waals surface area contributed by atoms with Crippen molar-refractivity contribution >= 4 is 17.2 Å². The van der Waals surface area contributed by atoms with Crippen LogP contribution >= 0.6 is 12.2 Å². The van der Waals surface area contributed by atoms with Crippen LogP contribution in [0.5, 0.6) is 0 Å². The molecule has 0 bridgehead atoms. The number of nitrogens with two attached hydrogens (primary N) is 1. The van der Waals surface area contributed by atoms with Crippen molar-refractivity contribution in [3.63, 3.8) is 0 Å². The molecule has 0 saturated carbocycles. The van der Waals surface area contributed by atoms with Gasteiger partial charge in [-0.25, -0.2) is 5.06 Å². The first-order valence-electron chi connectivity index (χ1n) is 2.96. The minimum Gasteiger partial charge on any atom is -0.328 e. The monoisotopic (exact) mass is 146 g/mol. The minimum atomic E-state index is 0.0671. The van der Waals surface area contributed by atoms with Crippen molar-refractivity contribution in [2.24, 2.45) is 5.73 Å². The molecule has 3 nitrogen and oxygen atoms in total. The molecule has 0 aromatic carbocycles. The molecule has 1 heterocycles. The van der Waals surface area contributed by atoms with Gasteiger partial charge in [-0.3, -0.25) is 5.21 Å². The van der Waals surface area contributed by atoms with Gasteiger partial charge in [0, 0.05) is 13.0 Å². The Bertz CT molecular complexity index is 128. The molecule has 0 aromatic heterocycles. The maximum absolute atomic E-state index is 9.07. The fraction of sp³-hybridized carbons (Fsp3) is 0.800. The van der Waals surface area contributed by atoms with Gasteiger partial charge in [-0.1, -0.05) is 12.2 Å². The molecule has 1 rings (SSSR count). The van der Waals surface area contributed by atoms with Crippen molar-refractivity contribution in [3.8, 4) is 0 Å². The number of hydrogen-bond donors (Lipinski definition) is 2. The summed E-state index contributed by atoms with van der Waals surface area (Å²) in [5.74, 6) is 0. The van der Waals surface area contributed by atoms with E-state index >= 15 is 0 Å². The summed E-state index contributed by atoms with van der Waals surface area (Å²) in [6, 6.07) is 0.0671. The summed E-state index contributed by atoms with van der Waals surface area (Å²) in [6.45, 7) is 0.483. The summed E-state index contributed by atoms with van der Waals surface area (Å²) < 4.78 is 0. The molecule has 1 saturated heterocycles. The largest absolute Gasteiger partial charge is 0.328 e. The fourth-order valence-corrected chi connectivity index (χ4v) is 1.22. The molecule has 1 aliphatic heterocycles. The zero-order valence-corrected chi connectivity index (χ0v) is 5.90. The molecule has 1 atom stereocenters. The van der Waals surface area contributed by atoms with E-state index in [1.807, 2.05) is 0 Å². The van der Waals surface area contributed by atoms with Crippen molar-refractivity contribution in [2.75, 3.05) is 6.54 Å². The van der Waals surface area contributed by atoms with Crippen LogP contribution in [0.2, 0.25) is 0 Å². The molecule has 4 heteroatoms. The first-order valence-corrected chi connectivity index (χ1v) is 3.37. The summed E-state index contributed by atoms with van der Waals surface area (Å²) in [7, 11) is 0. The van der Waals surface area contributed by atoms with Crippen molar-refractivity contribution in [1.82, 2.24) is 5.06 Å². The molecular formula is C5H10N2OS. The second-order valence-corrected chi connectivity index (χ2v) is 2.64. The maximum atomic E-state index is 9.07. The van der Waals surface area contributed by atoms with E-state index in [0.717, 1.165) is 17.9 Å². The molecule has 9 heavy (non-hydrogen) atoms. The van der Waals surface area contributed by atoms with Crippen molar-refractivity contribution < 1.29 is 5.21 Å². The number of rotatable bonds is 1. The normalized spacial score (nSPS) is 27.6. The quantitative estimate of drug-likeness (QED) is 0.516. The van der Waals surface area contributed by atoms with Crippen LogP contribution in [0.15, 0.2) is 0 Å². The SMILES string of the molecule is NC[C@H]1CCC(=S)N1O. The summed E-state index contributed by atoms with van der Waals surface area (Å²) in [5, 5.41) is 10.2. The van der Waals surface area contributed by atoms with E-state index in [1.165, 1.54) is 0 Å². The molecule has 0 spiro atoms. The Labute approximate surface area is 59.4 Å². The van der Waals surface area contributed by atoms with Crippen LogP contribution in [0.1, 0.15) is 12.8 Å². The van der Waals surface area contributed by atoms with Gasteiger partial charge in [0.25, 0.3) is 0 Å². The Balaban J connectivity index is 2.51. The van der Waals surface area contributed by atoms with Crippen LogP contribution in [-0.4, -0.2) is 27.8 Å². The smallest absolute Gasteiger partial charge is 0.104 e.